The molecule has 0 bridgehead atoms. The predicted molar refractivity (Wildman–Crippen MR) is 112 cm³/mol. The number of para-hydroxylation sites is 1. The molecule has 0 aliphatic carbocycles. The maximum absolute atomic E-state index is 13.2. The second-order valence-corrected chi connectivity index (χ2v) is 7.31. The molecule has 1 aromatic carbocycles. The van der Waals surface area contributed by atoms with Crippen LogP contribution in [0, 0.1) is 13.8 Å². The second kappa shape index (κ2) is 7.50. The van der Waals surface area contributed by atoms with Crippen molar-refractivity contribution in [3.05, 3.63) is 77.0 Å². The molecule has 0 fully saturated rings. The third-order valence-electron chi connectivity index (χ3n) is 5.34. The zero-order valence-electron chi connectivity index (χ0n) is 17.0. The predicted octanol–water partition coefficient (Wildman–Crippen LogP) is 3.32. The normalized spacial score (nSPS) is 12.3. The lowest BCUT2D eigenvalue weighted by Crippen LogP contribution is -2.27. The van der Waals surface area contributed by atoms with E-state index in [1.807, 2.05) is 73.6 Å². The van der Waals surface area contributed by atoms with Gasteiger partial charge in [0.15, 0.2) is 0 Å². The van der Waals surface area contributed by atoms with Crippen LogP contribution in [-0.2, 0) is 13.6 Å². The molecule has 1 amide bonds. The first-order valence-corrected chi connectivity index (χ1v) is 9.60. The lowest BCUT2D eigenvalue weighted by molar-refractivity contribution is 0.0941. The summed E-state index contributed by atoms with van der Waals surface area (Å²) in [6, 6.07) is 11.4. The van der Waals surface area contributed by atoms with Crippen molar-refractivity contribution in [3.63, 3.8) is 0 Å². The van der Waals surface area contributed by atoms with E-state index >= 15 is 0 Å². The largest absolute Gasteiger partial charge is 0.345 e. The van der Waals surface area contributed by atoms with Crippen molar-refractivity contribution in [3.8, 4) is 0 Å². The minimum atomic E-state index is -0.153. The van der Waals surface area contributed by atoms with E-state index in [2.05, 4.69) is 15.5 Å². The monoisotopic (exact) mass is 388 g/mol. The molecule has 148 valence electrons. The third-order valence-corrected chi connectivity index (χ3v) is 5.34. The molecule has 0 saturated carbocycles. The Labute approximate surface area is 169 Å². The molecule has 0 aliphatic rings. The number of amides is 1. The lowest BCUT2D eigenvalue weighted by Gasteiger charge is -2.16. The van der Waals surface area contributed by atoms with Crippen molar-refractivity contribution in [2.45, 2.75) is 33.4 Å². The Morgan fingerprint density at radius 3 is 2.66 bits per heavy atom. The standard InChI is InChI=1S/C22H24N6O/c1-14-9-10-23-28(14)13-17-11-19(18-7-5-6-8-21(18)26-17)22(29)25-15(2)20-12-24-27(4)16(20)3/h5-12,15H,13H2,1-4H3,(H,25,29)/t15-/m0/s1. The quantitative estimate of drug-likeness (QED) is 0.569. The van der Waals surface area contributed by atoms with Crippen LogP contribution >= 0.6 is 0 Å². The molecule has 7 nitrogen and oxygen atoms in total. The Morgan fingerprint density at radius 2 is 1.97 bits per heavy atom. The fourth-order valence-electron chi connectivity index (χ4n) is 3.51. The van der Waals surface area contributed by atoms with Gasteiger partial charge in [-0.2, -0.15) is 10.2 Å². The molecule has 0 spiro atoms. The molecule has 7 heteroatoms. The van der Waals surface area contributed by atoms with Crippen LogP contribution in [0.25, 0.3) is 10.9 Å². The second-order valence-electron chi connectivity index (χ2n) is 7.31. The van der Waals surface area contributed by atoms with Crippen molar-refractivity contribution in [1.82, 2.24) is 29.9 Å². The molecular weight excluding hydrogens is 364 g/mol. The molecule has 1 N–H and O–H groups in total. The van der Waals surface area contributed by atoms with Gasteiger partial charge in [0, 0.05) is 35.6 Å². The molecule has 0 saturated heterocycles. The van der Waals surface area contributed by atoms with Gasteiger partial charge in [0.1, 0.15) is 0 Å². The number of aryl methyl sites for hydroxylation is 2. The number of nitrogens with zero attached hydrogens (tertiary/aromatic N) is 5. The third kappa shape index (κ3) is 3.63. The van der Waals surface area contributed by atoms with E-state index in [1.165, 1.54) is 0 Å². The number of aromatic nitrogens is 5. The summed E-state index contributed by atoms with van der Waals surface area (Å²) >= 11 is 0. The summed E-state index contributed by atoms with van der Waals surface area (Å²) < 4.78 is 3.69. The van der Waals surface area contributed by atoms with Gasteiger partial charge in [0.25, 0.3) is 5.91 Å². The van der Waals surface area contributed by atoms with Gasteiger partial charge in [0.05, 0.1) is 35.6 Å². The van der Waals surface area contributed by atoms with Crippen molar-refractivity contribution in [1.29, 1.82) is 0 Å². The highest BCUT2D eigenvalue weighted by Gasteiger charge is 2.18. The minimum absolute atomic E-state index is 0.127. The van der Waals surface area contributed by atoms with Crippen molar-refractivity contribution >= 4 is 16.8 Å². The minimum Gasteiger partial charge on any atom is -0.345 e. The lowest BCUT2D eigenvalue weighted by atomic mass is 10.0. The Hall–Kier alpha value is -3.48. The van der Waals surface area contributed by atoms with Gasteiger partial charge in [-0.05, 0) is 39.0 Å². The Kier molecular flexibility index (Phi) is 4.88. The van der Waals surface area contributed by atoms with Crippen LogP contribution in [0.3, 0.4) is 0 Å². The maximum Gasteiger partial charge on any atom is 0.252 e. The molecule has 4 rings (SSSR count). The highest BCUT2D eigenvalue weighted by atomic mass is 16.1. The zero-order chi connectivity index (χ0) is 20.5. The number of carbonyl (C=O) groups excluding carboxylic acids is 1. The first kappa shape index (κ1) is 18.9. The summed E-state index contributed by atoms with van der Waals surface area (Å²) in [5, 5.41) is 12.6. The Bertz CT molecular complexity index is 1190. The molecule has 4 aromatic rings. The summed E-state index contributed by atoms with van der Waals surface area (Å²) in [5.74, 6) is -0.127. The maximum atomic E-state index is 13.2. The van der Waals surface area contributed by atoms with Crippen LogP contribution in [0.2, 0.25) is 0 Å². The smallest absolute Gasteiger partial charge is 0.252 e. The van der Waals surface area contributed by atoms with Crippen LogP contribution in [0.15, 0.2) is 48.8 Å². The summed E-state index contributed by atoms with van der Waals surface area (Å²) in [6.07, 6.45) is 3.57. The fraction of sp³-hybridized carbons (Fsp3) is 0.273. The molecule has 29 heavy (non-hydrogen) atoms. The van der Waals surface area contributed by atoms with E-state index in [4.69, 9.17) is 4.98 Å². The van der Waals surface area contributed by atoms with E-state index < -0.39 is 0 Å². The van der Waals surface area contributed by atoms with E-state index in [1.54, 1.807) is 12.4 Å². The number of hydrogen-bond donors (Lipinski definition) is 1. The summed E-state index contributed by atoms with van der Waals surface area (Å²) in [6.45, 7) is 6.48. The number of fused-ring (bicyclic) bond motifs is 1. The Balaban J connectivity index is 1.68. The summed E-state index contributed by atoms with van der Waals surface area (Å²) in [4.78, 5) is 17.9. The van der Waals surface area contributed by atoms with Crippen molar-refractivity contribution in [2.24, 2.45) is 7.05 Å². The molecule has 1 atom stereocenters. The van der Waals surface area contributed by atoms with E-state index in [0.29, 0.717) is 12.1 Å². The number of benzene rings is 1. The molecular formula is C22H24N6O. The van der Waals surface area contributed by atoms with Gasteiger partial charge in [0.2, 0.25) is 0 Å². The summed E-state index contributed by atoms with van der Waals surface area (Å²) in [5.41, 5.74) is 5.30. The topological polar surface area (TPSA) is 77.6 Å². The van der Waals surface area contributed by atoms with Gasteiger partial charge >= 0.3 is 0 Å². The highest BCUT2D eigenvalue weighted by molar-refractivity contribution is 6.06. The van der Waals surface area contributed by atoms with Crippen molar-refractivity contribution < 1.29 is 4.79 Å². The highest BCUT2D eigenvalue weighted by Crippen LogP contribution is 2.22. The zero-order valence-corrected chi connectivity index (χ0v) is 17.0. The van der Waals surface area contributed by atoms with Gasteiger partial charge in [-0.25, -0.2) is 0 Å². The van der Waals surface area contributed by atoms with Crippen LogP contribution in [0.1, 0.15) is 46.0 Å². The van der Waals surface area contributed by atoms with Gasteiger partial charge in [-0.3, -0.25) is 19.1 Å². The van der Waals surface area contributed by atoms with E-state index in [0.717, 1.165) is 33.5 Å². The number of pyridine rings is 1. The average molecular weight is 388 g/mol. The molecule has 0 aliphatic heterocycles. The summed E-state index contributed by atoms with van der Waals surface area (Å²) in [7, 11) is 1.90. The van der Waals surface area contributed by atoms with Crippen LogP contribution in [-0.4, -0.2) is 30.5 Å². The molecule has 3 aromatic heterocycles. The number of nitrogens with one attached hydrogen (secondary N) is 1. The molecule has 3 heterocycles. The van der Waals surface area contributed by atoms with Gasteiger partial charge < -0.3 is 5.32 Å². The van der Waals surface area contributed by atoms with Crippen LogP contribution < -0.4 is 5.32 Å². The fourth-order valence-corrected chi connectivity index (χ4v) is 3.51. The van der Waals surface area contributed by atoms with E-state index in [-0.39, 0.29) is 11.9 Å². The number of rotatable bonds is 5. The van der Waals surface area contributed by atoms with E-state index in [9.17, 15) is 4.79 Å². The first-order chi connectivity index (χ1) is 13.9. The molecule has 0 radical (unpaired) electrons. The SMILES string of the molecule is Cc1c([C@H](C)NC(=O)c2cc(Cn3nccc3C)nc3ccccc23)cnn1C. The Morgan fingerprint density at radius 1 is 1.17 bits per heavy atom. The molecule has 0 unspecified atom stereocenters. The van der Waals surface area contributed by atoms with Gasteiger partial charge in [-0.15, -0.1) is 0 Å². The number of hydrogen-bond acceptors (Lipinski definition) is 4. The number of carbonyl (C=O) groups is 1. The first-order valence-electron chi connectivity index (χ1n) is 9.60. The van der Waals surface area contributed by atoms with Gasteiger partial charge in [-0.1, -0.05) is 18.2 Å². The van der Waals surface area contributed by atoms with Crippen LogP contribution in [0.5, 0.6) is 0 Å². The van der Waals surface area contributed by atoms with Crippen molar-refractivity contribution in [2.75, 3.05) is 0 Å². The average Bonchev–Trinajstić information content (AvgIpc) is 3.26. The van der Waals surface area contributed by atoms with Crippen LogP contribution in [0.4, 0.5) is 0 Å².